The molecule has 1 amide bonds. The molecule has 110 valence electrons. The maximum atomic E-state index is 12.7. The number of benzene rings is 1. The second kappa shape index (κ2) is 6.12. The van der Waals surface area contributed by atoms with Crippen LogP contribution in [0.4, 0.5) is 0 Å². The van der Waals surface area contributed by atoms with Gasteiger partial charge in [0.1, 0.15) is 10.6 Å². The fourth-order valence-electron chi connectivity index (χ4n) is 2.48. The van der Waals surface area contributed by atoms with Crippen molar-refractivity contribution < 1.29 is 4.79 Å². The Labute approximate surface area is 132 Å². The molecule has 3 rings (SSSR count). The van der Waals surface area contributed by atoms with Crippen molar-refractivity contribution in [1.29, 1.82) is 0 Å². The molecule has 0 bridgehead atoms. The molecule has 0 spiro atoms. The van der Waals surface area contributed by atoms with Crippen LogP contribution in [0.5, 0.6) is 0 Å². The third-order valence-electron chi connectivity index (χ3n) is 3.87. The van der Waals surface area contributed by atoms with Crippen LogP contribution in [0.2, 0.25) is 5.02 Å². The lowest BCUT2D eigenvalue weighted by Crippen LogP contribution is -2.37. The molecule has 1 fully saturated rings. The number of carbonyl (C=O) groups is 1. The predicted molar refractivity (Wildman–Crippen MR) is 84.7 cm³/mol. The molecule has 0 radical (unpaired) electrons. The molecular weight excluding hydrogens is 306 g/mol. The number of carbonyl (C=O) groups excluding carboxylic acids is 1. The molecule has 0 saturated carbocycles. The van der Waals surface area contributed by atoms with E-state index < -0.39 is 0 Å². The summed E-state index contributed by atoms with van der Waals surface area (Å²) >= 11 is 7.07. The highest BCUT2D eigenvalue weighted by Crippen LogP contribution is 2.27. The van der Waals surface area contributed by atoms with Crippen molar-refractivity contribution in [2.24, 2.45) is 5.92 Å². The Morgan fingerprint density at radius 3 is 2.62 bits per heavy atom. The third kappa shape index (κ3) is 3.09. The highest BCUT2D eigenvalue weighted by molar-refractivity contribution is 7.08. The molecule has 4 nitrogen and oxygen atoms in total. The maximum Gasteiger partial charge on any atom is 0.267 e. The van der Waals surface area contributed by atoms with Gasteiger partial charge in [0.05, 0.1) is 0 Å². The number of rotatable bonds is 2. The largest absolute Gasteiger partial charge is 0.338 e. The molecule has 6 heteroatoms. The van der Waals surface area contributed by atoms with Crippen LogP contribution in [-0.2, 0) is 0 Å². The van der Waals surface area contributed by atoms with Crippen molar-refractivity contribution in [2.75, 3.05) is 13.1 Å². The highest BCUT2D eigenvalue weighted by Gasteiger charge is 2.26. The predicted octanol–water partition coefficient (Wildman–Crippen LogP) is 3.73. The molecule has 1 aromatic heterocycles. The first-order valence-corrected chi connectivity index (χ1v) is 8.18. The van der Waals surface area contributed by atoms with Crippen molar-refractivity contribution in [3.8, 4) is 11.3 Å². The van der Waals surface area contributed by atoms with E-state index in [4.69, 9.17) is 11.6 Å². The summed E-state index contributed by atoms with van der Waals surface area (Å²) in [6.07, 6.45) is 2.13. The van der Waals surface area contributed by atoms with Gasteiger partial charge in [-0.05, 0) is 42.4 Å². The second-order valence-corrected chi connectivity index (χ2v) is 6.62. The Hall–Kier alpha value is -1.46. The minimum atomic E-state index is 0.0434. The van der Waals surface area contributed by atoms with Crippen LogP contribution in [0.15, 0.2) is 24.3 Å². The van der Waals surface area contributed by atoms with E-state index in [9.17, 15) is 4.79 Å². The summed E-state index contributed by atoms with van der Waals surface area (Å²) in [6.45, 7) is 3.87. The third-order valence-corrected chi connectivity index (χ3v) is 4.84. The summed E-state index contributed by atoms with van der Waals surface area (Å²) in [6, 6.07) is 7.34. The SMILES string of the molecule is CC1CCN(C(=O)c2snnc2-c2ccc(Cl)cc2)CC1. The van der Waals surface area contributed by atoms with Gasteiger partial charge in [-0.25, -0.2) is 0 Å². The molecule has 1 aliphatic heterocycles. The second-order valence-electron chi connectivity index (χ2n) is 5.43. The van der Waals surface area contributed by atoms with E-state index in [-0.39, 0.29) is 5.91 Å². The zero-order valence-corrected chi connectivity index (χ0v) is 13.3. The number of piperidine rings is 1. The van der Waals surface area contributed by atoms with Crippen LogP contribution < -0.4 is 0 Å². The van der Waals surface area contributed by atoms with Crippen LogP contribution in [0, 0.1) is 5.92 Å². The van der Waals surface area contributed by atoms with Crippen molar-refractivity contribution in [2.45, 2.75) is 19.8 Å². The van der Waals surface area contributed by atoms with Crippen LogP contribution in [0.3, 0.4) is 0 Å². The van der Waals surface area contributed by atoms with Gasteiger partial charge in [-0.3, -0.25) is 4.79 Å². The van der Waals surface area contributed by atoms with Gasteiger partial charge in [0, 0.05) is 23.7 Å². The van der Waals surface area contributed by atoms with Gasteiger partial charge in [0.15, 0.2) is 0 Å². The number of likely N-dealkylation sites (tertiary alicyclic amines) is 1. The van der Waals surface area contributed by atoms with E-state index >= 15 is 0 Å². The monoisotopic (exact) mass is 321 g/mol. The maximum absolute atomic E-state index is 12.7. The van der Waals surface area contributed by atoms with Gasteiger partial charge in [-0.15, -0.1) is 5.10 Å². The van der Waals surface area contributed by atoms with E-state index in [1.807, 2.05) is 17.0 Å². The molecule has 0 aliphatic carbocycles. The van der Waals surface area contributed by atoms with Gasteiger partial charge in [-0.1, -0.05) is 35.1 Å². The summed E-state index contributed by atoms with van der Waals surface area (Å²) < 4.78 is 3.96. The lowest BCUT2D eigenvalue weighted by atomic mass is 9.99. The number of hydrogen-bond acceptors (Lipinski definition) is 4. The van der Waals surface area contributed by atoms with Gasteiger partial charge in [-0.2, -0.15) is 0 Å². The van der Waals surface area contributed by atoms with Gasteiger partial charge in [0.2, 0.25) is 0 Å². The summed E-state index contributed by atoms with van der Waals surface area (Å²) in [4.78, 5) is 15.2. The van der Waals surface area contributed by atoms with Crippen LogP contribution >= 0.6 is 23.1 Å². The molecule has 2 aromatic rings. The Morgan fingerprint density at radius 2 is 1.95 bits per heavy atom. The number of aromatic nitrogens is 2. The van der Waals surface area contributed by atoms with Gasteiger partial charge in [0.25, 0.3) is 5.91 Å². The molecular formula is C15H16ClN3OS. The lowest BCUT2D eigenvalue weighted by Gasteiger charge is -2.29. The average Bonchev–Trinajstić information content (AvgIpc) is 2.97. The Bertz CT molecular complexity index is 633. The molecule has 1 aromatic carbocycles. The van der Waals surface area contributed by atoms with Crippen molar-refractivity contribution in [1.82, 2.24) is 14.5 Å². The zero-order chi connectivity index (χ0) is 14.8. The van der Waals surface area contributed by atoms with E-state index in [1.54, 1.807) is 12.1 Å². The number of halogens is 1. The van der Waals surface area contributed by atoms with Crippen LogP contribution in [-0.4, -0.2) is 33.5 Å². The summed E-state index contributed by atoms with van der Waals surface area (Å²) in [5.41, 5.74) is 1.53. The van der Waals surface area contributed by atoms with E-state index in [2.05, 4.69) is 16.5 Å². The zero-order valence-electron chi connectivity index (χ0n) is 11.8. The molecule has 1 saturated heterocycles. The van der Waals surface area contributed by atoms with Crippen molar-refractivity contribution in [3.63, 3.8) is 0 Å². The van der Waals surface area contributed by atoms with E-state index in [0.717, 1.165) is 31.5 Å². The molecule has 2 heterocycles. The number of nitrogens with zero attached hydrogens (tertiary/aromatic N) is 3. The first-order chi connectivity index (χ1) is 10.1. The molecule has 21 heavy (non-hydrogen) atoms. The fraction of sp³-hybridized carbons (Fsp3) is 0.400. The summed E-state index contributed by atoms with van der Waals surface area (Å²) in [5, 5.41) is 4.79. The minimum absolute atomic E-state index is 0.0434. The quantitative estimate of drug-likeness (QED) is 0.846. The first-order valence-electron chi connectivity index (χ1n) is 7.02. The van der Waals surface area contributed by atoms with Crippen molar-refractivity contribution in [3.05, 3.63) is 34.2 Å². The minimum Gasteiger partial charge on any atom is -0.338 e. The number of amides is 1. The normalized spacial score (nSPS) is 16.2. The Balaban J connectivity index is 1.85. The fourth-order valence-corrected chi connectivity index (χ4v) is 3.27. The molecule has 0 N–H and O–H groups in total. The van der Waals surface area contributed by atoms with Gasteiger partial charge < -0.3 is 4.90 Å². The molecule has 0 atom stereocenters. The van der Waals surface area contributed by atoms with Crippen LogP contribution in [0.25, 0.3) is 11.3 Å². The highest BCUT2D eigenvalue weighted by atomic mass is 35.5. The van der Waals surface area contributed by atoms with E-state index in [1.165, 1.54) is 11.5 Å². The van der Waals surface area contributed by atoms with Crippen LogP contribution in [0.1, 0.15) is 29.4 Å². The van der Waals surface area contributed by atoms with E-state index in [0.29, 0.717) is 21.5 Å². The molecule has 0 unspecified atom stereocenters. The summed E-state index contributed by atoms with van der Waals surface area (Å²) in [5.74, 6) is 0.742. The first kappa shape index (κ1) is 14.5. The molecule has 1 aliphatic rings. The van der Waals surface area contributed by atoms with Crippen molar-refractivity contribution >= 4 is 29.0 Å². The Kier molecular flexibility index (Phi) is 4.22. The smallest absolute Gasteiger partial charge is 0.267 e. The number of hydrogen-bond donors (Lipinski definition) is 0. The topological polar surface area (TPSA) is 46.1 Å². The Morgan fingerprint density at radius 1 is 1.29 bits per heavy atom. The summed E-state index contributed by atoms with van der Waals surface area (Å²) in [7, 11) is 0. The average molecular weight is 322 g/mol. The standard InChI is InChI=1S/C15H16ClN3OS/c1-10-6-8-19(9-7-10)15(20)14-13(17-18-21-14)11-2-4-12(16)5-3-11/h2-5,10H,6-9H2,1H3. The van der Waals surface area contributed by atoms with Gasteiger partial charge >= 0.3 is 0 Å². The lowest BCUT2D eigenvalue weighted by molar-refractivity contribution is 0.0702.